The van der Waals surface area contributed by atoms with Crippen molar-refractivity contribution in [2.24, 2.45) is 5.92 Å². The normalized spacial score (nSPS) is 23.7. The summed E-state index contributed by atoms with van der Waals surface area (Å²) in [7, 11) is -2.57. The molecule has 2 aromatic carbocycles. The van der Waals surface area contributed by atoms with Crippen molar-refractivity contribution in [3.8, 4) is 0 Å². The lowest BCUT2D eigenvalue weighted by molar-refractivity contribution is -0.118. The number of alkyl halides is 1. The van der Waals surface area contributed by atoms with Crippen LogP contribution in [0.5, 0.6) is 0 Å². The molecule has 372 valence electrons. The summed E-state index contributed by atoms with van der Waals surface area (Å²) in [4.78, 5) is 89.1. The molecule has 8 rings (SSSR count). The van der Waals surface area contributed by atoms with Crippen LogP contribution >= 0.6 is 18.5 Å². The molecule has 4 N–H and O–H groups in total. The fourth-order valence-corrected chi connectivity index (χ4v) is 12.2. The number of aromatic amines is 1. The minimum absolute atomic E-state index is 0.00140. The first-order valence-corrected chi connectivity index (χ1v) is 29.0. The molecule has 6 aromatic rings. The van der Waals surface area contributed by atoms with Gasteiger partial charge in [0.2, 0.25) is 11.9 Å². The van der Waals surface area contributed by atoms with E-state index >= 15 is 4.39 Å². The summed E-state index contributed by atoms with van der Waals surface area (Å²) >= 11 is 7.20. The van der Waals surface area contributed by atoms with Crippen LogP contribution < -0.4 is 16.2 Å². The number of carbonyl (C=O) groups excluding carboxylic acids is 3. The Bertz CT molecular complexity index is 3000. The number of nitrogens with one attached hydrogen (secondary N) is 3. The average molecular weight is 1040 g/mol. The predicted molar refractivity (Wildman–Crippen MR) is 266 cm³/mol. The van der Waals surface area contributed by atoms with Gasteiger partial charge in [-0.15, -0.1) is 11.8 Å². The number of hydrogen-bond acceptors (Lipinski definition) is 16. The van der Waals surface area contributed by atoms with Gasteiger partial charge in [-0.3, -0.25) is 38.3 Å². The molecule has 9 atom stereocenters. The summed E-state index contributed by atoms with van der Waals surface area (Å²) in [6.07, 6.45) is -3.82. The highest BCUT2D eigenvalue weighted by atomic mass is 32.5. The maximum Gasteiger partial charge on any atom is 0.338 e. The molecular formula is C45H54FN10O10PS2Si. The van der Waals surface area contributed by atoms with Crippen molar-refractivity contribution in [1.82, 2.24) is 39.0 Å². The Morgan fingerprint density at radius 3 is 2.26 bits per heavy atom. The number of nitrogens with zero attached hydrogens (tertiary/aromatic N) is 7. The third kappa shape index (κ3) is 10.6. The first kappa shape index (κ1) is 51.1. The van der Waals surface area contributed by atoms with Crippen LogP contribution in [0.2, 0.25) is 18.1 Å². The highest BCUT2D eigenvalue weighted by molar-refractivity contribution is 8.07. The number of benzene rings is 2. The molecule has 0 spiro atoms. The van der Waals surface area contributed by atoms with Crippen LogP contribution in [0.15, 0.2) is 84.4 Å². The van der Waals surface area contributed by atoms with Gasteiger partial charge in [-0.25, -0.2) is 29.1 Å². The summed E-state index contributed by atoms with van der Waals surface area (Å²) in [5, 5.41) is 4.13. The van der Waals surface area contributed by atoms with E-state index in [0.29, 0.717) is 12.0 Å². The van der Waals surface area contributed by atoms with Gasteiger partial charge in [0.15, 0.2) is 55.0 Å². The van der Waals surface area contributed by atoms with Gasteiger partial charge in [-0.2, -0.15) is 4.98 Å². The monoisotopic (exact) mass is 1040 g/mol. The number of imidazole rings is 2. The van der Waals surface area contributed by atoms with E-state index in [-0.39, 0.29) is 55.9 Å². The number of H-pyrrole nitrogens is 1. The number of ether oxygens (including phenoxy) is 2. The second kappa shape index (κ2) is 20.4. The Kier molecular flexibility index (Phi) is 14.9. The number of carbonyl (C=O) groups is 3. The number of aromatic nitrogens is 8. The molecular weight excluding hydrogens is 983 g/mol. The fraction of sp³-hybridized carbons (Fsp3) is 0.444. The number of rotatable bonds is 16. The van der Waals surface area contributed by atoms with Crippen LogP contribution in [0.1, 0.15) is 80.3 Å². The Labute approximate surface area is 412 Å². The maximum absolute atomic E-state index is 17.0. The van der Waals surface area contributed by atoms with Crippen LogP contribution in [0.25, 0.3) is 22.3 Å². The number of anilines is 2. The van der Waals surface area contributed by atoms with Crippen LogP contribution in [-0.2, 0) is 39.5 Å². The summed E-state index contributed by atoms with van der Waals surface area (Å²) in [6.45, 7) is 10.9. The molecule has 2 aliphatic rings. The van der Waals surface area contributed by atoms with Crippen molar-refractivity contribution in [3.63, 3.8) is 0 Å². The minimum atomic E-state index is -4.37. The number of esters is 1. The van der Waals surface area contributed by atoms with E-state index in [0.717, 1.165) is 0 Å². The van der Waals surface area contributed by atoms with E-state index in [9.17, 15) is 24.1 Å². The molecule has 0 bridgehead atoms. The van der Waals surface area contributed by atoms with Crippen molar-refractivity contribution in [2.45, 2.75) is 114 Å². The number of fused-ring (bicyclic) bond motifs is 2. The zero-order chi connectivity index (χ0) is 50.3. The maximum atomic E-state index is 17.0. The van der Waals surface area contributed by atoms with Crippen molar-refractivity contribution < 1.29 is 46.6 Å². The van der Waals surface area contributed by atoms with Gasteiger partial charge in [-0.1, -0.05) is 77.9 Å². The molecule has 0 aliphatic carbocycles. The van der Waals surface area contributed by atoms with E-state index < -0.39 is 87.2 Å². The second-order valence-corrected chi connectivity index (χ2v) is 27.6. The number of hydrogen-bond donors (Lipinski definition) is 4. The molecule has 2 fully saturated rings. The van der Waals surface area contributed by atoms with Gasteiger partial charge in [0.1, 0.15) is 23.9 Å². The fourth-order valence-electron chi connectivity index (χ4n) is 7.67. The Hall–Kier alpha value is -5.30. The predicted octanol–water partition coefficient (Wildman–Crippen LogP) is 7.30. The molecule has 4 aromatic heterocycles. The largest absolute Gasteiger partial charge is 0.453 e. The minimum Gasteiger partial charge on any atom is -0.453 e. The molecule has 70 heavy (non-hydrogen) atoms. The molecule has 2 amide bonds. The zero-order valence-electron chi connectivity index (χ0n) is 39.5. The topological polar surface area (TPSA) is 249 Å². The molecule has 20 nitrogen and oxygen atoms in total. The van der Waals surface area contributed by atoms with Gasteiger partial charge in [-0.05, 0) is 60.6 Å². The van der Waals surface area contributed by atoms with Crippen molar-refractivity contribution in [2.75, 3.05) is 17.2 Å². The van der Waals surface area contributed by atoms with Crippen LogP contribution in [0, 0.1) is 5.92 Å². The lowest BCUT2D eigenvalue weighted by Gasteiger charge is -2.41. The van der Waals surface area contributed by atoms with Crippen molar-refractivity contribution >= 4 is 90.5 Å². The van der Waals surface area contributed by atoms with Crippen molar-refractivity contribution in [3.05, 3.63) is 101 Å². The van der Waals surface area contributed by atoms with Gasteiger partial charge in [0, 0.05) is 16.7 Å². The summed E-state index contributed by atoms with van der Waals surface area (Å²) in [6, 6.07) is 16.5. The smallest absolute Gasteiger partial charge is 0.338 e. The van der Waals surface area contributed by atoms with Gasteiger partial charge in [0.05, 0.1) is 30.9 Å². The Balaban J connectivity index is 1.10. The van der Waals surface area contributed by atoms with Crippen molar-refractivity contribution in [1.29, 1.82) is 0 Å². The standard InChI is InChI=1S/C45H54FN10O10PS2Si/c1-9-28-33(66-70(7,8)45(4,5)6)34(42(69-28)56-23-50-31-37(56)52-44(54-40(31)59)53-38(57)24(2)3)65-67(61,68)62-20-27-32(64-43(60)26-18-14-11-15-19-26)29(46)41(63-27)55-22-49-30-35(47-21-48-36(30)55)51-39(58)25-16-12-10-13-17-25/h10-19,21-24,27-29,32-34,41-42H,9,20H2,1-8H3,(H,61,68)(H,47,48,51,58)(H2,52,53,54,57,59)/t27-,28-,29+,32-,33-,34-,41-,42-,67?/m1/s1. The summed E-state index contributed by atoms with van der Waals surface area (Å²) in [5.74, 6) is -2.09. The molecule has 1 unspecified atom stereocenters. The Morgan fingerprint density at radius 1 is 0.943 bits per heavy atom. The quantitative estimate of drug-likeness (QED) is 0.0422. The second-order valence-electron chi connectivity index (χ2n) is 18.6. The van der Waals surface area contributed by atoms with Crippen LogP contribution in [0.3, 0.4) is 0 Å². The molecule has 0 radical (unpaired) electrons. The van der Waals surface area contributed by atoms with E-state index in [2.05, 4.69) is 74.4 Å². The lowest BCUT2D eigenvalue weighted by atomic mass is 10.1. The number of amides is 2. The third-order valence-electron chi connectivity index (χ3n) is 12.5. The SMILES string of the molecule is CC[C@H]1S[C@@H](n2cnc3c(=O)[nH]c(NC(=O)C(C)C)nc32)[C@H](OP(O)(=S)OC[C@H]2O[C@@H](n3cnc4c(NC(=O)c5ccccc5)ncnc43)[C@@H](F)[C@@H]2OC(=O)c2ccccc2)[C@@H]1O[Si](C)(C)C(C)(C)C. The van der Waals surface area contributed by atoms with Gasteiger partial charge in [0.25, 0.3) is 11.5 Å². The summed E-state index contributed by atoms with van der Waals surface area (Å²) in [5.41, 5.74) is 0.285. The molecule has 25 heteroatoms. The lowest BCUT2D eigenvalue weighted by Crippen LogP contribution is -2.49. The van der Waals surface area contributed by atoms with Crippen LogP contribution in [0.4, 0.5) is 16.2 Å². The highest BCUT2D eigenvalue weighted by Crippen LogP contribution is 2.56. The summed E-state index contributed by atoms with van der Waals surface area (Å²) < 4.78 is 51.7. The highest BCUT2D eigenvalue weighted by Gasteiger charge is 2.54. The van der Waals surface area contributed by atoms with Crippen LogP contribution in [-0.4, -0.2) is 112 Å². The molecule has 6 heterocycles. The molecule has 2 aliphatic heterocycles. The number of halogens is 1. The first-order chi connectivity index (χ1) is 33.2. The van der Waals surface area contributed by atoms with E-state index in [1.807, 2.05) is 6.92 Å². The van der Waals surface area contributed by atoms with E-state index in [1.54, 1.807) is 66.9 Å². The van der Waals surface area contributed by atoms with E-state index in [4.69, 9.17) is 34.8 Å². The molecule has 2 saturated heterocycles. The third-order valence-corrected chi connectivity index (χ3v) is 20.2. The van der Waals surface area contributed by atoms with Gasteiger partial charge >= 0.3 is 12.7 Å². The van der Waals surface area contributed by atoms with E-state index in [1.165, 1.54) is 47.4 Å². The first-order valence-electron chi connectivity index (χ1n) is 22.5. The molecule has 0 saturated carbocycles. The average Bonchev–Trinajstić information content (AvgIpc) is 4.10. The zero-order valence-corrected chi connectivity index (χ0v) is 43.0. The number of thioether (sulfide) groups is 1. The van der Waals surface area contributed by atoms with Gasteiger partial charge < -0.3 is 28.6 Å². The Morgan fingerprint density at radius 2 is 1.60 bits per heavy atom.